The Morgan fingerprint density at radius 1 is 1.08 bits per heavy atom. The normalized spacial score (nSPS) is 16.0. The number of hydrogen-bond acceptors (Lipinski definition) is 5. The largest absolute Gasteiger partial charge is 0.493 e. The van der Waals surface area contributed by atoms with E-state index in [-0.39, 0.29) is 11.8 Å². The van der Waals surface area contributed by atoms with Gasteiger partial charge in [-0.15, -0.1) is 0 Å². The number of benzene rings is 1. The van der Waals surface area contributed by atoms with Crippen LogP contribution in [0.25, 0.3) is 0 Å². The molecule has 0 aliphatic heterocycles. The highest BCUT2D eigenvalue weighted by atomic mass is 16.6. The molecule has 1 aliphatic carbocycles. The van der Waals surface area contributed by atoms with E-state index in [0.29, 0.717) is 6.42 Å². The number of carbonyl (C=O) groups is 2. The second kappa shape index (κ2) is 10.3. The molecule has 1 aromatic carbocycles. The van der Waals surface area contributed by atoms with Crippen LogP contribution in [-0.4, -0.2) is 46.4 Å². The molecule has 0 spiro atoms. The summed E-state index contributed by atoms with van der Waals surface area (Å²) in [5.41, 5.74) is 1.82. The van der Waals surface area contributed by atoms with Gasteiger partial charge in [0.25, 0.3) is 0 Å². The predicted octanol–water partition coefficient (Wildman–Crippen LogP) is 1.46. The maximum Gasteiger partial charge on any atom is 0.493 e. The molecule has 1 amide bonds. The van der Waals surface area contributed by atoms with Gasteiger partial charge in [0.15, 0.2) is 0 Å². The lowest BCUT2D eigenvalue weighted by Gasteiger charge is -2.24. The van der Waals surface area contributed by atoms with Crippen LogP contribution in [-0.2, 0) is 30.1 Å². The summed E-state index contributed by atoms with van der Waals surface area (Å²) in [7, 11) is 4.07. The van der Waals surface area contributed by atoms with Gasteiger partial charge in [-0.05, 0) is 23.9 Å². The Hall–Kier alpha value is -1.86. The van der Waals surface area contributed by atoms with E-state index >= 15 is 0 Å². The van der Waals surface area contributed by atoms with Gasteiger partial charge in [0, 0.05) is 26.6 Å². The highest BCUT2D eigenvalue weighted by Gasteiger charge is 2.27. The number of carbonyl (C=O) groups excluding carboxylic acids is 2. The molecule has 6 nitrogen and oxygen atoms in total. The smallest absolute Gasteiger partial charge is 0.467 e. The van der Waals surface area contributed by atoms with Crippen molar-refractivity contribution in [3.63, 3.8) is 0 Å². The molecule has 0 bridgehead atoms. The Balaban J connectivity index is 2.02. The summed E-state index contributed by atoms with van der Waals surface area (Å²) in [4.78, 5) is 24.6. The zero-order chi connectivity index (χ0) is 18.9. The number of amides is 1. The van der Waals surface area contributed by atoms with E-state index in [4.69, 9.17) is 14.0 Å². The first-order valence-electron chi connectivity index (χ1n) is 9.11. The van der Waals surface area contributed by atoms with E-state index in [1.807, 2.05) is 24.3 Å². The highest BCUT2D eigenvalue weighted by molar-refractivity contribution is 6.61. The molecule has 0 heterocycles. The number of ether oxygens (including phenoxy) is 1. The van der Waals surface area contributed by atoms with Crippen molar-refractivity contribution < 1.29 is 23.6 Å². The van der Waals surface area contributed by atoms with Gasteiger partial charge in [-0.25, -0.2) is 4.79 Å². The third-order valence-electron chi connectivity index (χ3n) is 4.90. The van der Waals surface area contributed by atoms with Crippen LogP contribution in [0.4, 0.5) is 0 Å². The third kappa shape index (κ3) is 5.57. The average Bonchev–Trinajstić information content (AvgIpc) is 2.69. The molecule has 0 radical (unpaired) electrons. The van der Waals surface area contributed by atoms with E-state index in [0.717, 1.165) is 36.7 Å². The number of hydrogen-bond donors (Lipinski definition) is 1. The Bertz CT molecular complexity index is 582. The monoisotopic (exact) mass is 361 g/mol. The van der Waals surface area contributed by atoms with Crippen molar-refractivity contribution >= 4 is 24.5 Å². The quantitative estimate of drug-likeness (QED) is 0.561. The number of methoxy groups -OCH3 is 1. The molecular formula is C19H28BNO5. The maximum atomic E-state index is 12.5. The van der Waals surface area contributed by atoms with Crippen molar-refractivity contribution in [1.29, 1.82) is 0 Å². The fraction of sp³-hybridized carbons (Fsp3) is 0.579. The van der Waals surface area contributed by atoms with Crippen LogP contribution < -0.4 is 10.8 Å². The average molecular weight is 361 g/mol. The minimum absolute atomic E-state index is 0.00227. The standard InChI is InChI=1S/C19H28BNO5/c1-24-19(23)17(21-18(22)15-7-5-4-6-8-15)13-14-9-11-16(12-10-14)20(25-2)26-3/h9-12,15,17H,4-8,13H2,1-3H3,(H,21,22)/t17-/m1/s1. The van der Waals surface area contributed by atoms with Crippen molar-refractivity contribution in [2.24, 2.45) is 5.92 Å². The first-order chi connectivity index (χ1) is 12.6. The number of esters is 1. The van der Waals surface area contributed by atoms with Gasteiger partial charge in [-0.1, -0.05) is 43.5 Å². The molecule has 1 N–H and O–H groups in total. The Kier molecular flexibility index (Phi) is 8.13. The Morgan fingerprint density at radius 2 is 1.69 bits per heavy atom. The van der Waals surface area contributed by atoms with Crippen LogP contribution in [0.5, 0.6) is 0 Å². The topological polar surface area (TPSA) is 73.9 Å². The van der Waals surface area contributed by atoms with Crippen LogP contribution in [0.15, 0.2) is 24.3 Å². The first-order valence-corrected chi connectivity index (χ1v) is 9.11. The molecule has 1 saturated carbocycles. The van der Waals surface area contributed by atoms with Gasteiger partial charge in [0.05, 0.1) is 7.11 Å². The van der Waals surface area contributed by atoms with Crippen molar-refractivity contribution in [2.75, 3.05) is 21.3 Å². The van der Waals surface area contributed by atoms with Crippen LogP contribution in [0, 0.1) is 5.92 Å². The van der Waals surface area contributed by atoms with Gasteiger partial charge in [0.1, 0.15) is 6.04 Å². The van der Waals surface area contributed by atoms with Crippen molar-refractivity contribution in [1.82, 2.24) is 5.32 Å². The summed E-state index contributed by atoms with van der Waals surface area (Å²) < 4.78 is 15.3. The fourth-order valence-corrected chi connectivity index (χ4v) is 3.40. The SMILES string of the molecule is COB(OC)c1ccc(C[C@@H](NC(=O)C2CCCCC2)C(=O)OC)cc1. The molecule has 1 atom stereocenters. The minimum atomic E-state index is -0.680. The van der Waals surface area contributed by atoms with E-state index in [1.165, 1.54) is 13.5 Å². The van der Waals surface area contributed by atoms with Crippen molar-refractivity contribution in [3.05, 3.63) is 29.8 Å². The predicted molar refractivity (Wildman–Crippen MR) is 100 cm³/mol. The second-order valence-electron chi connectivity index (χ2n) is 6.67. The van der Waals surface area contributed by atoms with E-state index in [1.54, 1.807) is 14.2 Å². The van der Waals surface area contributed by atoms with E-state index < -0.39 is 19.1 Å². The lowest BCUT2D eigenvalue weighted by atomic mass is 9.78. The van der Waals surface area contributed by atoms with Crippen molar-refractivity contribution in [3.8, 4) is 0 Å². The summed E-state index contributed by atoms with van der Waals surface area (Å²) in [5.74, 6) is -0.470. The van der Waals surface area contributed by atoms with Gasteiger partial charge >= 0.3 is 13.1 Å². The van der Waals surface area contributed by atoms with Gasteiger partial charge in [-0.2, -0.15) is 0 Å². The molecule has 0 unspecified atom stereocenters. The van der Waals surface area contributed by atoms with Crippen LogP contribution >= 0.6 is 0 Å². The van der Waals surface area contributed by atoms with Crippen LogP contribution in [0.1, 0.15) is 37.7 Å². The summed E-state index contributed by atoms with van der Waals surface area (Å²) in [6.45, 7) is 0. The summed E-state index contributed by atoms with van der Waals surface area (Å²) in [5, 5.41) is 2.88. The van der Waals surface area contributed by atoms with Gasteiger partial charge in [-0.3, -0.25) is 4.79 Å². The molecule has 1 aromatic rings. The summed E-state index contributed by atoms with van der Waals surface area (Å²) >= 11 is 0. The molecule has 1 fully saturated rings. The van der Waals surface area contributed by atoms with E-state index in [2.05, 4.69) is 5.32 Å². The molecule has 0 saturated heterocycles. The first kappa shape index (κ1) is 20.5. The molecule has 2 rings (SSSR count). The van der Waals surface area contributed by atoms with Gasteiger partial charge < -0.3 is 19.4 Å². The number of rotatable bonds is 8. The molecule has 1 aliphatic rings. The molecule has 142 valence electrons. The van der Waals surface area contributed by atoms with Crippen LogP contribution in [0.2, 0.25) is 0 Å². The van der Waals surface area contributed by atoms with Crippen LogP contribution in [0.3, 0.4) is 0 Å². The number of nitrogens with one attached hydrogen (secondary N) is 1. The Labute approximate surface area is 155 Å². The zero-order valence-corrected chi connectivity index (χ0v) is 15.8. The Morgan fingerprint density at radius 3 is 2.23 bits per heavy atom. The third-order valence-corrected chi connectivity index (χ3v) is 4.90. The summed E-state index contributed by atoms with van der Waals surface area (Å²) in [6, 6.07) is 6.92. The van der Waals surface area contributed by atoms with Gasteiger partial charge in [0.2, 0.25) is 5.91 Å². The highest BCUT2D eigenvalue weighted by Crippen LogP contribution is 2.23. The summed E-state index contributed by atoms with van der Waals surface area (Å²) in [6.07, 6.45) is 5.50. The lowest BCUT2D eigenvalue weighted by molar-refractivity contribution is -0.145. The molecule has 7 heteroatoms. The molecule has 26 heavy (non-hydrogen) atoms. The fourth-order valence-electron chi connectivity index (χ4n) is 3.40. The van der Waals surface area contributed by atoms with Crippen molar-refractivity contribution in [2.45, 2.75) is 44.6 Å². The lowest BCUT2D eigenvalue weighted by Crippen LogP contribution is -2.46. The molecule has 0 aromatic heterocycles. The molecular weight excluding hydrogens is 333 g/mol. The second-order valence-corrected chi connectivity index (χ2v) is 6.67. The van der Waals surface area contributed by atoms with E-state index in [9.17, 15) is 9.59 Å². The maximum absolute atomic E-state index is 12.5. The zero-order valence-electron chi connectivity index (χ0n) is 15.8. The minimum Gasteiger partial charge on any atom is -0.467 e.